The van der Waals surface area contributed by atoms with Crippen LogP contribution in [0.15, 0.2) is 18.2 Å². The van der Waals surface area contributed by atoms with Crippen LogP contribution in [0.25, 0.3) is 0 Å². The van der Waals surface area contributed by atoms with Crippen LogP contribution in [-0.4, -0.2) is 26.5 Å². The first-order valence-electron chi connectivity index (χ1n) is 5.35. The van der Waals surface area contributed by atoms with Crippen molar-refractivity contribution < 1.29 is 18.0 Å². The van der Waals surface area contributed by atoms with Gasteiger partial charge in [0.2, 0.25) is 0 Å². The first-order chi connectivity index (χ1) is 9.38. The van der Waals surface area contributed by atoms with Crippen LogP contribution in [0.3, 0.4) is 0 Å². The van der Waals surface area contributed by atoms with E-state index in [2.05, 4.69) is 25.9 Å². The number of aromatic nitrogens is 4. The highest BCUT2D eigenvalue weighted by Crippen LogP contribution is 2.33. The van der Waals surface area contributed by atoms with E-state index in [0.29, 0.717) is 6.07 Å². The highest BCUT2D eigenvalue weighted by Gasteiger charge is 2.33. The van der Waals surface area contributed by atoms with Crippen molar-refractivity contribution in [2.24, 2.45) is 0 Å². The number of aromatic amines is 1. The third kappa shape index (κ3) is 3.02. The van der Waals surface area contributed by atoms with E-state index in [9.17, 15) is 18.0 Å². The topological polar surface area (TPSA) is 110 Å². The molecule has 1 heterocycles. The molecule has 0 saturated heterocycles. The van der Waals surface area contributed by atoms with Crippen molar-refractivity contribution in [3.63, 3.8) is 0 Å². The molecule has 106 valence electrons. The Labute approximate surface area is 110 Å². The second-order valence-electron chi connectivity index (χ2n) is 3.81. The number of nitrogens with zero attached hydrogens (tertiary/aromatic N) is 3. The SMILES string of the molecule is Nc1ccc(C(=O)NCc2nn[nH]n2)cc1C(F)(F)F. The molecule has 1 aromatic carbocycles. The Morgan fingerprint density at radius 1 is 1.40 bits per heavy atom. The summed E-state index contributed by atoms with van der Waals surface area (Å²) in [6.45, 7) is -0.0545. The van der Waals surface area contributed by atoms with Gasteiger partial charge >= 0.3 is 6.18 Å². The molecule has 7 nitrogen and oxygen atoms in total. The number of tetrazole rings is 1. The summed E-state index contributed by atoms with van der Waals surface area (Å²) in [4.78, 5) is 11.7. The lowest BCUT2D eigenvalue weighted by Gasteiger charge is -2.11. The minimum absolute atomic E-state index is 0.0545. The van der Waals surface area contributed by atoms with Gasteiger partial charge in [-0.2, -0.15) is 18.4 Å². The highest BCUT2D eigenvalue weighted by molar-refractivity contribution is 5.94. The van der Waals surface area contributed by atoms with Gasteiger partial charge in [0.25, 0.3) is 5.91 Å². The summed E-state index contributed by atoms with van der Waals surface area (Å²) in [7, 11) is 0. The summed E-state index contributed by atoms with van der Waals surface area (Å²) in [5.74, 6) is -0.481. The van der Waals surface area contributed by atoms with Gasteiger partial charge in [-0.25, -0.2) is 0 Å². The van der Waals surface area contributed by atoms with Crippen LogP contribution >= 0.6 is 0 Å². The van der Waals surface area contributed by atoms with Crippen LogP contribution in [-0.2, 0) is 12.7 Å². The summed E-state index contributed by atoms with van der Waals surface area (Å²) in [5.41, 5.74) is 3.60. The molecule has 0 aliphatic heterocycles. The molecule has 20 heavy (non-hydrogen) atoms. The predicted octanol–water partition coefficient (Wildman–Crippen LogP) is 0.731. The fourth-order valence-corrected chi connectivity index (χ4v) is 1.46. The number of amides is 1. The van der Waals surface area contributed by atoms with E-state index >= 15 is 0 Å². The molecule has 10 heteroatoms. The number of halogens is 3. The normalized spacial score (nSPS) is 11.3. The van der Waals surface area contributed by atoms with Crippen molar-refractivity contribution >= 4 is 11.6 Å². The minimum Gasteiger partial charge on any atom is -0.398 e. The molecule has 0 aliphatic rings. The molecular weight excluding hydrogens is 277 g/mol. The van der Waals surface area contributed by atoms with Gasteiger partial charge in [-0.3, -0.25) is 4.79 Å². The molecule has 0 radical (unpaired) electrons. The fraction of sp³-hybridized carbons (Fsp3) is 0.200. The molecule has 2 rings (SSSR count). The number of hydrogen-bond acceptors (Lipinski definition) is 5. The number of rotatable bonds is 3. The minimum atomic E-state index is -4.62. The Hall–Kier alpha value is -2.65. The van der Waals surface area contributed by atoms with Gasteiger partial charge in [0.05, 0.1) is 12.1 Å². The number of nitrogens with one attached hydrogen (secondary N) is 2. The first kappa shape index (κ1) is 13.8. The van der Waals surface area contributed by atoms with Crippen LogP contribution in [0.5, 0.6) is 0 Å². The lowest BCUT2D eigenvalue weighted by atomic mass is 10.1. The van der Waals surface area contributed by atoms with Gasteiger partial charge in [-0.15, -0.1) is 10.2 Å². The number of H-pyrrole nitrogens is 1. The summed E-state index contributed by atoms with van der Waals surface area (Å²) < 4.78 is 38.0. The summed E-state index contributed by atoms with van der Waals surface area (Å²) in [6, 6.07) is 2.93. The molecule has 1 aromatic heterocycles. The van der Waals surface area contributed by atoms with Gasteiger partial charge in [-0.05, 0) is 18.2 Å². The van der Waals surface area contributed by atoms with Crippen LogP contribution in [0.4, 0.5) is 18.9 Å². The number of nitrogen functional groups attached to an aromatic ring is 1. The third-order valence-corrected chi connectivity index (χ3v) is 2.42. The van der Waals surface area contributed by atoms with Crippen molar-refractivity contribution in [1.29, 1.82) is 0 Å². The van der Waals surface area contributed by atoms with E-state index < -0.39 is 23.3 Å². The number of benzene rings is 1. The van der Waals surface area contributed by atoms with Crippen LogP contribution in [0.2, 0.25) is 0 Å². The average molecular weight is 286 g/mol. The smallest absolute Gasteiger partial charge is 0.398 e. The van der Waals surface area contributed by atoms with E-state index in [-0.39, 0.29) is 17.9 Å². The monoisotopic (exact) mass is 286 g/mol. The molecule has 0 spiro atoms. The molecule has 2 aromatic rings. The van der Waals surface area contributed by atoms with E-state index in [0.717, 1.165) is 6.07 Å². The zero-order chi connectivity index (χ0) is 14.8. The van der Waals surface area contributed by atoms with Gasteiger partial charge in [0, 0.05) is 11.3 Å². The predicted molar refractivity (Wildman–Crippen MR) is 61.2 cm³/mol. The second-order valence-corrected chi connectivity index (χ2v) is 3.81. The maximum atomic E-state index is 12.7. The van der Waals surface area contributed by atoms with Gasteiger partial charge in [0.1, 0.15) is 0 Å². The molecule has 0 aliphatic carbocycles. The molecule has 1 amide bonds. The molecule has 0 fully saturated rings. The van der Waals surface area contributed by atoms with Crippen molar-refractivity contribution in [2.45, 2.75) is 12.7 Å². The van der Waals surface area contributed by atoms with Crippen LogP contribution in [0.1, 0.15) is 21.7 Å². The van der Waals surface area contributed by atoms with E-state index in [1.165, 1.54) is 6.07 Å². The van der Waals surface area contributed by atoms with E-state index in [4.69, 9.17) is 5.73 Å². The van der Waals surface area contributed by atoms with Crippen molar-refractivity contribution in [1.82, 2.24) is 25.9 Å². The average Bonchev–Trinajstić information content (AvgIpc) is 2.88. The van der Waals surface area contributed by atoms with Gasteiger partial charge < -0.3 is 11.1 Å². The molecule has 4 N–H and O–H groups in total. The number of hydrogen-bond donors (Lipinski definition) is 3. The lowest BCUT2D eigenvalue weighted by molar-refractivity contribution is -0.136. The Balaban J connectivity index is 2.14. The maximum absolute atomic E-state index is 12.7. The number of carbonyl (C=O) groups is 1. The van der Waals surface area contributed by atoms with Crippen LogP contribution in [0, 0.1) is 0 Å². The van der Waals surface area contributed by atoms with Gasteiger partial charge in [-0.1, -0.05) is 5.21 Å². The second kappa shape index (κ2) is 5.15. The van der Waals surface area contributed by atoms with Crippen LogP contribution < -0.4 is 11.1 Å². The third-order valence-electron chi connectivity index (χ3n) is 2.42. The highest BCUT2D eigenvalue weighted by atomic mass is 19.4. The van der Waals surface area contributed by atoms with Crippen molar-refractivity contribution in [3.8, 4) is 0 Å². The first-order valence-corrected chi connectivity index (χ1v) is 5.35. The van der Waals surface area contributed by atoms with E-state index in [1.54, 1.807) is 0 Å². The molecular formula is C10H9F3N6O. The summed E-state index contributed by atoms with van der Waals surface area (Å²) in [6.07, 6.45) is -4.62. The quantitative estimate of drug-likeness (QED) is 0.721. The Morgan fingerprint density at radius 2 is 2.15 bits per heavy atom. The largest absolute Gasteiger partial charge is 0.418 e. The number of alkyl halides is 3. The Bertz CT molecular complexity index is 610. The lowest BCUT2D eigenvalue weighted by Crippen LogP contribution is -2.24. The Morgan fingerprint density at radius 3 is 2.75 bits per heavy atom. The van der Waals surface area contributed by atoms with Gasteiger partial charge in [0.15, 0.2) is 5.82 Å². The molecule has 0 saturated carbocycles. The van der Waals surface area contributed by atoms with Crippen molar-refractivity contribution in [3.05, 3.63) is 35.2 Å². The molecule has 0 unspecified atom stereocenters. The summed E-state index contributed by atoms with van der Waals surface area (Å²) >= 11 is 0. The number of anilines is 1. The Kier molecular flexibility index (Phi) is 3.55. The molecule has 0 atom stereocenters. The zero-order valence-corrected chi connectivity index (χ0v) is 9.90. The number of nitrogens with two attached hydrogens (primary N) is 1. The summed E-state index contributed by atoms with van der Waals surface area (Å²) in [5, 5.41) is 15.0. The van der Waals surface area contributed by atoms with Crippen molar-refractivity contribution in [2.75, 3.05) is 5.73 Å². The standard InChI is InChI=1S/C10H9F3N6O/c11-10(12,13)6-3-5(1-2-7(6)14)9(20)15-4-8-16-18-19-17-8/h1-3H,4,14H2,(H,15,20)(H,16,17,18,19). The maximum Gasteiger partial charge on any atom is 0.418 e. The fourth-order valence-electron chi connectivity index (χ4n) is 1.46. The van der Waals surface area contributed by atoms with E-state index in [1.807, 2.05) is 0 Å². The molecule has 0 bridgehead atoms. The number of carbonyl (C=O) groups excluding carboxylic acids is 1. The zero-order valence-electron chi connectivity index (χ0n) is 9.90.